The minimum Gasteiger partial charge on any atom is -0.469 e. The summed E-state index contributed by atoms with van der Waals surface area (Å²) in [5, 5.41) is 0.674. The molecule has 6 aromatic rings. The van der Waals surface area contributed by atoms with E-state index in [0.29, 0.717) is 52.5 Å². The van der Waals surface area contributed by atoms with Gasteiger partial charge in [0.05, 0.1) is 46.6 Å². The number of aromatic nitrogens is 4. The topological polar surface area (TPSA) is 175 Å². The monoisotopic (exact) mass is 1000 g/mol. The molecule has 0 fully saturated rings. The third kappa shape index (κ3) is 7.79. The number of amides is 4. The van der Waals surface area contributed by atoms with E-state index in [4.69, 9.17) is 14.7 Å². The fourth-order valence-electron chi connectivity index (χ4n) is 12.7. The molecule has 13 nitrogen and oxygen atoms in total. The first kappa shape index (κ1) is 49.4. The van der Waals surface area contributed by atoms with Crippen molar-refractivity contribution in [3.63, 3.8) is 0 Å². The van der Waals surface area contributed by atoms with Gasteiger partial charge >= 0.3 is 5.97 Å². The number of fused-ring (bicyclic) bond motifs is 8. The number of hydrogen-bond donors (Lipinski definition) is 2. The van der Waals surface area contributed by atoms with E-state index in [2.05, 4.69) is 63.6 Å². The van der Waals surface area contributed by atoms with E-state index in [1.54, 1.807) is 36.4 Å². The van der Waals surface area contributed by atoms with Gasteiger partial charge in [0, 0.05) is 92.0 Å². The van der Waals surface area contributed by atoms with Crippen molar-refractivity contribution in [3.05, 3.63) is 134 Å². The lowest BCUT2D eigenvalue weighted by Gasteiger charge is -2.32. The van der Waals surface area contributed by atoms with Crippen molar-refractivity contribution >= 4 is 85.1 Å². The number of anilines is 1. The molecule has 382 valence electrons. The highest BCUT2D eigenvalue weighted by molar-refractivity contribution is 6.39. The highest BCUT2D eigenvalue weighted by Gasteiger charge is 2.41. The number of nitrogens with zero attached hydrogens (tertiary/aromatic N) is 4. The lowest BCUT2D eigenvalue weighted by atomic mass is 9.83. The zero-order chi connectivity index (χ0) is 52.7. The van der Waals surface area contributed by atoms with Gasteiger partial charge in [-0.2, -0.15) is 0 Å². The van der Waals surface area contributed by atoms with Crippen LogP contribution in [0.3, 0.4) is 0 Å². The Morgan fingerprint density at radius 2 is 1.29 bits per heavy atom. The largest absolute Gasteiger partial charge is 0.469 e. The predicted molar refractivity (Wildman–Crippen MR) is 292 cm³/mol. The summed E-state index contributed by atoms with van der Waals surface area (Å²) in [7, 11) is 1.39. The molecule has 2 atom stereocenters. The van der Waals surface area contributed by atoms with Gasteiger partial charge in [0.1, 0.15) is 0 Å². The molecular weight excluding hydrogens is 941 g/mol. The van der Waals surface area contributed by atoms with Crippen LogP contribution in [0.1, 0.15) is 201 Å². The number of methoxy groups -OCH3 is 1. The molecule has 0 saturated heterocycles. The number of Topliss-reactive ketones (excluding diaryl/α,β-unsaturated/α-hetero) is 1. The zero-order valence-corrected chi connectivity index (χ0v) is 44.1. The van der Waals surface area contributed by atoms with Gasteiger partial charge < -0.3 is 14.7 Å². The summed E-state index contributed by atoms with van der Waals surface area (Å²) >= 11 is 0. The number of carbonyl (C=O) groups excluding carboxylic acids is 6. The van der Waals surface area contributed by atoms with Crippen LogP contribution in [0.4, 0.5) is 5.69 Å². The molecule has 75 heavy (non-hydrogen) atoms. The predicted octanol–water partition coefficient (Wildman–Crippen LogP) is 13.0. The van der Waals surface area contributed by atoms with E-state index < -0.39 is 23.6 Å². The summed E-state index contributed by atoms with van der Waals surface area (Å²) in [5.41, 5.74) is 16.3. The van der Waals surface area contributed by atoms with Gasteiger partial charge in [-0.3, -0.25) is 38.7 Å². The number of aryl methyl sites for hydroxylation is 3. The van der Waals surface area contributed by atoms with Gasteiger partial charge in [-0.15, -0.1) is 0 Å². The minimum absolute atomic E-state index is 0.0100. The van der Waals surface area contributed by atoms with E-state index in [1.807, 2.05) is 19.1 Å². The van der Waals surface area contributed by atoms with Gasteiger partial charge in [0.2, 0.25) is 0 Å². The van der Waals surface area contributed by atoms with Gasteiger partial charge in [-0.25, -0.2) is 9.88 Å². The average molecular weight is 1000 g/mol. The Morgan fingerprint density at radius 3 is 1.92 bits per heavy atom. The van der Waals surface area contributed by atoms with Crippen LogP contribution in [0.2, 0.25) is 0 Å². The Labute approximate surface area is 435 Å². The number of carbonyl (C=O) groups is 6. The van der Waals surface area contributed by atoms with E-state index in [0.717, 1.165) is 134 Å². The fourth-order valence-corrected chi connectivity index (χ4v) is 12.7. The fraction of sp³-hybridized carbons (Fsp3) is 0.355. The molecule has 0 unspecified atom stereocenters. The van der Waals surface area contributed by atoms with Crippen LogP contribution in [-0.2, 0) is 22.4 Å². The molecule has 4 aliphatic heterocycles. The number of hydrogen-bond acceptors (Lipinski definition) is 9. The Balaban J connectivity index is 1.06. The van der Waals surface area contributed by atoms with Crippen LogP contribution in [0.5, 0.6) is 0 Å². The summed E-state index contributed by atoms with van der Waals surface area (Å²) < 4.78 is 5.15. The molecule has 5 aliphatic rings. The third-order valence-corrected chi connectivity index (χ3v) is 16.7. The molecule has 0 spiro atoms. The van der Waals surface area contributed by atoms with Gasteiger partial charge in [0.15, 0.2) is 5.78 Å². The third-order valence-electron chi connectivity index (χ3n) is 16.7. The van der Waals surface area contributed by atoms with Crippen molar-refractivity contribution in [2.24, 2.45) is 0 Å². The highest BCUT2D eigenvalue weighted by atomic mass is 16.5. The van der Waals surface area contributed by atoms with Crippen molar-refractivity contribution in [1.29, 1.82) is 0 Å². The van der Waals surface area contributed by atoms with Gasteiger partial charge in [0.25, 0.3) is 23.6 Å². The van der Waals surface area contributed by atoms with Crippen LogP contribution in [0.25, 0.3) is 55.1 Å². The molecule has 0 radical (unpaired) electrons. The maximum atomic E-state index is 14.7. The molecule has 3 aromatic carbocycles. The molecule has 1 aliphatic carbocycles. The molecule has 3 aromatic heterocycles. The van der Waals surface area contributed by atoms with Crippen LogP contribution < -0.4 is 4.90 Å². The number of imide groups is 2. The summed E-state index contributed by atoms with van der Waals surface area (Å²) in [4.78, 5) is 105. The van der Waals surface area contributed by atoms with Gasteiger partial charge in [-0.1, -0.05) is 71.9 Å². The number of ketones is 1. The number of benzene rings is 3. The van der Waals surface area contributed by atoms with E-state index in [-0.39, 0.29) is 47.6 Å². The van der Waals surface area contributed by atoms with Crippen molar-refractivity contribution < 1.29 is 33.5 Å². The summed E-state index contributed by atoms with van der Waals surface area (Å²) in [5.74, 6) is -2.75. The molecule has 0 saturated carbocycles. The molecule has 8 bridgehead atoms. The van der Waals surface area contributed by atoms with Crippen molar-refractivity contribution in [2.45, 2.75) is 131 Å². The lowest BCUT2D eigenvalue weighted by molar-refractivity contribution is -0.140. The molecule has 7 heterocycles. The van der Waals surface area contributed by atoms with Gasteiger partial charge in [-0.05, 0) is 128 Å². The zero-order valence-electron chi connectivity index (χ0n) is 44.1. The average Bonchev–Trinajstić information content (AvgIpc) is 4.19. The minimum atomic E-state index is -0.557. The first-order valence-electron chi connectivity index (χ1n) is 26.7. The number of ether oxygens (including phenoxy) is 1. The Morgan fingerprint density at radius 1 is 0.680 bits per heavy atom. The SMILES string of the molecule is CCCCCCCCN1C(=O)c2ccc3c4c(ccc(c24)C1=O)C(=O)N(c1ccc(-c2c4nc(c5c6[nH]c(cc7nc(cc8[nH]c2c(C)c8CC)C(C)=C7CC)c(C)c6C(=O)C5)[C@@H](CCC(=O)OC)[C@@H]4C)cc1)C3=O. The van der Waals surface area contributed by atoms with Crippen molar-refractivity contribution in [2.75, 3.05) is 18.6 Å². The van der Waals surface area contributed by atoms with Crippen LogP contribution in [-0.4, -0.2) is 73.9 Å². The van der Waals surface area contributed by atoms with E-state index in [1.165, 1.54) is 16.9 Å². The number of rotatable bonds is 14. The second kappa shape index (κ2) is 19.2. The maximum absolute atomic E-state index is 14.7. The van der Waals surface area contributed by atoms with E-state index in [9.17, 15) is 28.8 Å². The molecular formula is C62H62N6O7. The first-order chi connectivity index (χ1) is 36.2. The lowest BCUT2D eigenvalue weighted by Crippen LogP contribution is -2.43. The number of H-pyrrole nitrogens is 2. The molecule has 4 amide bonds. The number of unbranched alkanes of at least 4 members (excludes halogenated alkanes) is 5. The molecule has 2 N–H and O–H groups in total. The Hall–Kier alpha value is -7.80. The maximum Gasteiger partial charge on any atom is 0.305 e. The first-order valence-corrected chi connectivity index (χ1v) is 26.7. The second-order valence-corrected chi connectivity index (χ2v) is 20.9. The van der Waals surface area contributed by atoms with Crippen LogP contribution in [0.15, 0.2) is 60.7 Å². The standard InChI is InChI=1S/C62H62N6O7/c1-9-12-13-14-15-16-27-67-59(71)40-21-23-42-54-43(24-22-41(53(40)54)60(67)72)62(74)68(61(42)73)36-19-17-35(18-20-36)52-55-32(5)38(11-3)48(65-55)29-45-31(4)37(10-2)47(63-45)30-46-34(7)51-49(69)28-44(58(51)64-46)57-39(25-26-50(70)75-8)33(6)56(52)66-57/h17-24,29-30,33,39,64-65H,9-16,25-28H2,1-8H3/t33-,39-/m0/s1. The summed E-state index contributed by atoms with van der Waals surface area (Å²) in [6, 6.07) is 18.0. The Bertz CT molecular complexity index is 3650. The summed E-state index contributed by atoms with van der Waals surface area (Å²) in [6.45, 7) is 15.1. The van der Waals surface area contributed by atoms with Crippen molar-refractivity contribution in [3.8, 4) is 11.1 Å². The van der Waals surface area contributed by atoms with Crippen molar-refractivity contribution in [1.82, 2.24) is 24.8 Å². The van der Waals surface area contributed by atoms with E-state index >= 15 is 0 Å². The highest BCUT2D eigenvalue weighted by Crippen LogP contribution is 2.49. The smallest absolute Gasteiger partial charge is 0.305 e. The Kier molecular flexibility index (Phi) is 12.6. The molecule has 13 heteroatoms. The van der Waals surface area contributed by atoms with Crippen LogP contribution in [0, 0.1) is 13.8 Å². The number of esters is 1. The number of nitrogens with one attached hydrogen (secondary N) is 2. The quantitative estimate of drug-likeness (QED) is 0.0611. The number of allylic oxidation sites excluding steroid dienone is 2. The normalized spacial score (nSPS) is 16.9. The van der Waals surface area contributed by atoms with Crippen LogP contribution >= 0.6 is 0 Å². The number of aromatic amines is 2. The molecule has 11 rings (SSSR count). The second-order valence-electron chi connectivity index (χ2n) is 20.9. The summed E-state index contributed by atoms with van der Waals surface area (Å²) in [6.07, 6.45) is 8.32.